The predicted molar refractivity (Wildman–Crippen MR) is 76.5 cm³/mol. The summed E-state index contributed by atoms with van der Waals surface area (Å²) in [6.07, 6.45) is 0. The molecule has 0 spiro atoms. The first kappa shape index (κ1) is 13.2. The third-order valence-electron chi connectivity index (χ3n) is 3.17. The number of rotatable bonds is 3. The maximum Gasteiger partial charge on any atom is 0.146 e. The molecule has 0 fully saturated rings. The van der Waals surface area contributed by atoms with Gasteiger partial charge >= 0.3 is 0 Å². The summed E-state index contributed by atoms with van der Waals surface area (Å²) in [6.45, 7) is 6.17. The lowest BCUT2D eigenvalue weighted by Gasteiger charge is -2.09. The number of anilines is 2. The summed E-state index contributed by atoms with van der Waals surface area (Å²) in [5.74, 6) is 1.25. The average Bonchev–Trinajstić information content (AvgIpc) is 2.64. The fourth-order valence-electron chi connectivity index (χ4n) is 2.02. The number of nitrogens with one attached hydrogen (secondary N) is 1. The monoisotopic (exact) mass is 254 g/mol. The van der Waals surface area contributed by atoms with Crippen LogP contribution in [0.2, 0.25) is 0 Å². The number of aryl methyl sites for hydroxylation is 2. The van der Waals surface area contributed by atoms with Crippen molar-refractivity contribution >= 4 is 11.5 Å². The Labute approximate surface area is 113 Å². The Hall–Kier alpha value is -2.28. The van der Waals surface area contributed by atoms with Crippen LogP contribution in [0.3, 0.4) is 0 Å². The zero-order valence-corrected chi connectivity index (χ0v) is 11.7. The summed E-state index contributed by atoms with van der Waals surface area (Å²) >= 11 is 0. The minimum absolute atomic E-state index is 0.516. The first-order chi connectivity index (χ1) is 9.02. The number of hydrogen-bond donors (Lipinski definition) is 1. The topological polar surface area (TPSA) is 53.6 Å². The fourth-order valence-corrected chi connectivity index (χ4v) is 2.02. The van der Waals surface area contributed by atoms with Gasteiger partial charge in [-0.05, 0) is 30.5 Å². The molecule has 98 valence electrons. The van der Waals surface area contributed by atoms with E-state index in [0.717, 1.165) is 17.2 Å². The van der Waals surface area contributed by atoms with Crippen LogP contribution in [0.1, 0.15) is 36.6 Å². The summed E-state index contributed by atoms with van der Waals surface area (Å²) in [5.41, 5.74) is 3.60. The van der Waals surface area contributed by atoms with Gasteiger partial charge in [0, 0.05) is 12.7 Å². The van der Waals surface area contributed by atoms with Crippen LogP contribution in [0.25, 0.3) is 0 Å². The predicted octanol–water partition coefficient (Wildman–Crippen LogP) is 3.47. The van der Waals surface area contributed by atoms with Gasteiger partial charge in [-0.15, -0.1) is 0 Å². The Morgan fingerprint density at radius 3 is 2.42 bits per heavy atom. The van der Waals surface area contributed by atoms with E-state index in [0.29, 0.717) is 11.5 Å². The van der Waals surface area contributed by atoms with Gasteiger partial charge in [0.1, 0.15) is 17.5 Å². The standard InChI is InChI=1S/C15H18N4/c1-10(2)12-5-7-13(8-6-12)17-15-14(9-16)11(3)18-19(15)4/h5-8,10,17H,1-4H3. The molecule has 1 N–H and O–H groups in total. The third-order valence-corrected chi connectivity index (χ3v) is 3.17. The van der Waals surface area contributed by atoms with Crippen molar-refractivity contribution in [1.29, 1.82) is 5.26 Å². The van der Waals surface area contributed by atoms with Crippen molar-refractivity contribution < 1.29 is 0 Å². The van der Waals surface area contributed by atoms with Gasteiger partial charge in [0.2, 0.25) is 0 Å². The van der Waals surface area contributed by atoms with E-state index < -0.39 is 0 Å². The van der Waals surface area contributed by atoms with Gasteiger partial charge in [0.15, 0.2) is 0 Å². The van der Waals surface area contributed by atoms with Crippen molar-refractivity contribution in [2.75, 3.05) is 5.32 Å². The largest absolute Gasteiger partial charge is 0.339 e. The first-order valence-electron chi connectivity index (χ1n) is 6.33. The Balaban J connectivity index is 2.29. The fraction of sp³-hybridized carbons (Fsp3) is 0.333. The molecule has 0 saturated heterocycles. The van der Waals surface area contributed by atoms with Gasteiger partial charge in [0.25, 0.3) is 0 Å². The zero-order chi connectivity index (χ0) is 14.0. The molecular formula is C15H18N4. The molecule has 0 amide bonds. The van der Waals surface area contributed by atoms with E-state index in [1.807, 2.05) is 26.1 Å². The van der Waals surface area contributed by atoms with Crippen LogP contribution in [-0.2, 0) is 7.05 Å². The van der Waals surface area contributed by atoms with Crippen molar-refractivity contribution in [3.8, 4) is 6.07 Å². The number of nitriles is 1. The SMILES string of the molecule is Cc1nn(C)c(Nc2ccc(C(C)C)cc2)c1C#N. The van der Waals surface area contributed by atoms with Crippen LogP contribution in [0, 0.1) is 18.3 Å². The normalized spacial score (nSPS) is 10.5. The van der Waals surface area contributed by atoms with Crippen molar-refractivity contribution in [3.05, 3.63) is 41.1 Å². The zero-order valence-electron chi connectivity index (χ0n) is 11.7. The van der Waals surface area contributed by atoms with Crippen molar-refractivity contribution in [2.24, 2.45) is 7.05 Å². The lowest BCUT2D eigenvalue weighted by molar-refractivity contribution is 0.765. The summed E-state index contributed by atoms with van der Waals surface area (Å²) in [5, 5.41) is 16.7. The second-order valence-corrected chi connectivity index (χ2v) is 4.95. The highest BCUT2D eigenvalue weighted by Gasteiger charge is 2.12. The Kier molecular flexibility index (Phi) is 3.57. The van der Waals surface area contributed by atoms with E-state index in [1.165, 1.54) is 5.56 Å². The maximum absolute atomic E-state index is 9.16. The molecule has 1 aromatic heterocycles. The van der Waals surface area contributed by atoms with E-state index in [2.05, 4.69) is 42.5 Å². The third kappa shape index (κ3) is 2.60. The molecule has 1 heterocycles. The van der Waals surface area contributed by atoms with E-state index >= 15 is 0 Å². The highest BCUT2D eigenvalue weighted by Crippen LogP contribution is 2.24. The molecule has 0 saturated carbocycles. The second kappa shape index (κ2) is 5.15. The van der Waals surface area contributed by atoms with Crippen LogP contribution in [0.5, 0.6) is 0 Å². The number of benzene rings is 1. The van der Waals surface area contributed by atoms with Crippen LogP contribution in [0.15, 0.2) is 24.3 Å². The number of hydrogen-bond acceptors (Lipinski definition) is 3. The summed E-state index contributed by atoms with van der Waals surface area (Å²) in [4.78, 5) is 0. The molecule has 1 aromatic carbocycles. The van der Waals surface area contributed by atoms with Crippen LogP contribution >= 0.6 is 0 Å². The summed E-state index contributed by atoms with van der Waals surface area (Å²) in [6, 6.07) is 10.4. The van der Waals surface area contributed by atoms with E-state index in [1.54, 1.807) is 4.68 Å². The lowest BCUT2D eigenvalue weighted by atomic mass is 10.0. The van der Waals surface area contributed by atoms with Crippen molar-refractivity contribution in [2.45, 2.75) is 26.7 Å². The van der Waals surface area contributed by atoms with Gasteiger partial charge < -0.3 is 5.32 Å². The highest BCUT2D eigenvalue weighted by molar-refractivity contribution is 5.64. The molecule has 0 bridgehead atoms. The smallest absolute Gasteiger partial charge is 0.146 e. The molecule has 0 atom stereocenters. The van der Waals surface area contributed by atoms with Gasteiger partial charge in [-0.25, -0.2) is 0 Å². The minimum Gasteiger partial charge on any atom is -0.339 e. The molecule has 0 radical (unpaired) electrons. The first-order valence-corrected chi connectivity index (χ1v) is 6.33. The van der Waals surface area contributed by atoms with Crippen LogP contribution in [0.4, 0.5) is 11.5 Å². The number of nitrogens with zero attached hydrogens (tertiary/aromatic N) is 3. The quantitative estimate of drug-likeness (QED) is 0.912. The maximum atomic E-state index is 9.16. The van der Waals surface area contributed by atoms with E-state index in [4.69, 9.17) is 5.26 Å². The Morgan fingerprint density at radius 2 is 1.89 bits per heavy atom. The molecular weight excluding hydrogens is 236 g/mol. The molecule has 0 unspecified atom stereocenters. The minimum atomic E-state index is 0.516. The van der Waals surface area contributed by atoms with Gasteiger partial charge in [0.05, 0.1) is 5.69 Å². The highest BCUT2D eigenvalue weighted by atomic mass is 15.3. The molecule has 0 aliphatic rings. The van der Waals surface area contributed by atoms with E-state index in [9.17, 15) is 0 Å². The van der Waals surface area contributed by atoms with E-state index in [-0.39, 0.29) is 0 Å². The van der Waals surface area contributed by atoms with Gasteiger partial charge in [-0.2, -0.15) is 10.4 Å². The molecule has 2 aromatic rings. The molecule has 0 aliphatic carbocycles. The van der Waals surface area contributed by atoms with Gasteiger partial charge in [-0.3, -0.25) is 4.68 Å². The molecule has 4 nitrogen and oxygen atoms in total. The number of aromatic nitrogens is 2. The summed E-state index contributed by atoms with van der Waals surface area (Å²) in [7, 11) is 1.83. The summed E-state index contributed by atoms with van der Waals surface area (Å²) < 4.78 is 1.70. The van der Waals surface area contributed by atoms with Crippen molar-refractivity contribution in [1.82, 2.24) is 9.78 Å². The molecule has 2 rings (SSSR count). The van der Waals surface area contributed by atoms with Crippen LogP contribution < -0.4 is 5.32 Å². The Morgan fingerprint density at radius 1 is 1.26 bits per heavy atom. The molecule has 0 aliphatic heterocycles. The van der Waals surface area contributed by atoms with Gasteiger partial charge in [-0.1, -0.05) is 26.0 Å². The van der Waals surface area contributed by atoms with Crippen LogP contribution in [-0.4, -0.2) is 9.78 Å². The second-order valence-electron chi connectivity index (χ2n) is 4.95. The molecule has 4 heteroatoms. The van der Waals surface area contributed by atoms with Crippen molar-refractivity contribution in [3.63, 3.8) is 0 Å². The lowest BCUT2D eigenvalue weighted by Crippen LogP contribution is -2.00. The average molecular weight is 254 g/mol. The molecule has 19 heavy (non-hydrogen) atoms. The Bertz CT molecular complexity index is 615.